The third-order valence-corrected chi connectivity index (χ3v) is 8.20. The van der Waals surface area contributed by atoms with Crippen LogP contribution in [0.4, 0.5) is 0 Å². The Hall–Kier alpha value is -0.0262. The number of hydrogen-bond acceptors (Lipinski definition) is 11. The molecule has 168 valence electrons. The van der Waals surface area contributed by atoms with E-state index in [0.29, 0.717) is 6.04 Å². The van der Waals surface area contributed by atoms with Crippen LogP contribution in [0, 0.1) is 0 Å². The summed E-state index contributed by atoms with van der Waals surface area (Å²) in [4.78, 5) is 25.2. The van der Waals surface area contributed by atoms with E-state index in [4.69, 9.17) is 41.9 Å². The van der Waals surface area contributed by atoms with Crippen LogP contribution in [0.15, 0.2) is 0 Å². The molecule has 0 bridgehead atoms. The van der Waals surface area contributed by atoms with E-state index in [2.05, 4.69) is 0 Å². The maximum Gasteiger partial charge on any atom is 0.500 e. The van der Waals surface area contributed by atoms with Crippen LogP contribution in [0.2, 0.25) is 12.1 Å². The first-order valence-electron chi connectivity index (χ1n) is 7.27. The Bertz CT molecular complexity index is 546. The van der Waals surface area contributed by atoms with Gasteiger partial charge >= 0.3 is 17.6 Å². The molecule has 27 heavy (non-hydrogen) atoms. The first-order valence-corrected chi connectivity index (χ1v) is 14.5. The Morgan fingerprint density at radius 1 is 0.704 bits per heavy atom. The van der Waals surface area contributed by atoms with Crippen molar-refractivity contribution in [2.45, 2.75) is 24.9 Å². The van der Waals surface area contributed by atoms with E-state index < -0.39 is 43.6 Å². The highest BCUT2D eigenvalue weighted by molar-refractivity contribution is 7.86. The van der Waals surface area contributed by atoms with Gasteiger partial charge in [-0.2, -0.15) is 16.8 Å². The van der Waals surface area contributed by atoms with Gasteiger partial charge in [-0.05, 0) is 12.8 Å². The Kier molecular flexibility index (Phi) is 17.5. The van der Waals surface area contributed by atoms with E-state index in [1.54, 1.807) is 0 Å². The zero-order valence-corrected chi connectivity index (χ0v) is 19.2. The Morgan fingerprint density at radius 2 is 1.00 bits per heavy atom. The summed E-state index contributed by atoms with van der Waals surface area (Å²) in [7, 11) is -9.45. The largest absolute Gasteiger partial charge is 0.500 e. The summed E-state index contributed by atoms with van der Waals surface area (Å²) in [6, 6.07) is -0.0247. The third-order valence-electron chi connectivity index (χ3n) is 2.73. The lowest BCUT2D eigenvalue weighted by Gasteiger charge is -2.23. The molecule has 0 aromatic rings. The van der Waals surface area contributed by atoms with Crippen LogP contribution in [0.5, 0.6) is 0 Å². The number of aliphatic hydroxyl groups excluding tert-OH is 1. The lowest BCUT2D eigenvalue weighted by Crippen LogP contribution is -2.42. The molecule has 0 saturated carbocycles. The lowest BCUT2D eigenvalue weighted by atomic mass is 10.6. The van der Waals surface area contributed by atoms with Crippen molar-refractivity contribution in [3.05, 3.63) is 0 Å². The molecule has 0 spiro atoms. The predicted octanol–water partition coefficient (Wildman–Crippen LogP) is -2.07. The molecule has 0 heterocycles. The molecule has 0 aliphatic rings. The molecule has 0 rings (SSSR count). The van der Waals surface area contributed by atoms with E-state index in [9.17, 15) is 16.8 Å². The second kappa shape index (κ2) is 14.9. The molecular formula is C10H30O13S2Si2. The van der Waals surface area contributed by atoms with Gasteiger partial charge in [-0.15, -0.1) is 0 Å². The van der Waals surface area contributed by atoms with Crippen molar-refractivity contribution in [3.8, 4) is 0 Å². The van der Waals surface area contributed by atoms with Crippen LogP contribution < -0.4 is 0 Å². The highest BCUT2D eigenvalue weighted by Gasteiger charge is 2.37. The molecule has 0 amide bonds. The molecule has 0 atom stereocenters. The monoisotopic (exact) mass is 478 g/mol. The predicted molar refractivity (Wildman–Crippen MR) is 99.0 cm³/mol. The van der Waals surface area contributed by atoms with Gasteiger partial charge in [0.05, 0.1) is 11.5 Å². The fourth-order valence-electron chi connectivity index (χ4n) is 1.52. The molecule has 0 radical (unpaired) electrons. The average molecular weight is 479 g/mol. The van der Waals surface area contributed by atoms with Crippen LogP contribution >= 0.6 is 0 Å². The standard InChI is InChI=1S/C6H16O6SSi.C3H10O6SSi.CH4O/c1-10-14(11-2,12-3)6-4-5-13(7,8)9;4-10(5,6)2-1-3-11(7,8)9;1-2/h4-6H2,1-3H3,(H,7,8,9);7-9H,1-3H2,(H,4,5,6);2H,1H3. The third kappa shape index (κ3) is 23.9. The molecule has 17 heteroatoms. The average Bonchev–Trinajstić information content (AvgIpc) is 2.51. The molecule has 0 aromatic heterocycles. The molecule has 13 nitrogen and oxygen atoms in total. The van der Waals surface area contributed by atoms with Crippen LogP contribution in [-0.2, 0) is 33.5 Å². The van der Waals surface area contributed by atoms with Crippen LogP contribution in [0.25, 0.3) is 0 Å². The SMILES string of the molecule is CO.CO[Si](CCCS(=O)(=O)O)(OC)OC.O=S(=O)(O)CCC[Si](O)(O)O. The van der Waals surface area contributed by atoms with Crippen LogP contribution in [0.1, 0.15) is 12.8 Å². The number of aliphatic hydroxyl groups is 1. The van der Waals surface area contributed by atoms with Crippen molar-refractivity contribution in [2.24, 2.45) is 0 Å². The maximum absolute atomic E-state index is 10.4. The lowest BCUT2D eigenvalue weighted by molar-refractivity contribution is 0.123. The van der Waals surface area contributed by atoms with Crippen LogP contribution in [-0.4, -0.2) is 103 Å². The number of hydrogen-bond donors (Lipinski definition) is 6. The van der Waals surface area contributed by atoms with Crippen LogP contribution in [0.3, 0.4) is 0 Å². The fourth-order valence-corrected chi connectivity index (χ4v) is 5.42. The van der Waals surface area contributed by atoms with Crippen molar-refractivity contribution in [1.29, 1.82) is 0 Å². The van der Waals surface area contributed by atoms with Gasteiger partial charge in [0.1, 0.15) is 0 Å². The van der Waals surface area contributed by atoms with Crippen molar-refractivity contribution in [2.75, 3.05) is 39.9 Å². The van der Waals surface area contributed by atoms with Gasteiger partial charge in [0.15, 0.2) is 0 Å². The quantitative estimate of drug-likeness (QED) is 0.139. The minimum absolute atomic E-state index is 0.158. The summed E-state index contributed by atoms with van der Waals surface area (Å²) in [5.74, 6) is -0.874. The van der Waals surface area contributed by atoms with Gasteiger partial charge in [0.2, 0.25) is 0 Å². The highest BCUT2D eigenvalue weighted by Crippen LogP contribution is 2.15. The first kappa shape index (κ1) is 31.7. The molecule has 0 unspecified atom stereocenters. The van der Waals surface area contributed by atoms with Crippen molar-refractivity contribution < 1.29 is 58.7 Å². The van der Waals surface area contributed by atoms with Gasteiger partial charge < -0.3 is 32.8 Å². The fraction of sp³-hybridized carbons (Fsp3) is 1.00. The summed E-state index contributed by atoms with van der Waals surface area (Å²) in [5.41, 5.74) is 0. The van der Waals surface area contributed by atoms with Gasteiger partial charge in [-0.25, -0.2) is 0 Å². The molecule has 0 aliphatic heterocycles. The molecule has 0 saturated heterocycles. The van der Waals surface area contributed by atoms with Gasteiger partial charge in [-0.1, -0.05) is 0 Å². The molecular weight excluding hydrogens is 448 g/mol. The minimum Gasteiger partial charge on any atom is -0.400 e. The Labute approximate surface area is 161 Å². The zero-order chi connectivity index (χ0) is 22.4. The van der Waals surface area contributed by atoms with E-state index in [0.717, 1.165) is 7.11 Å². The summed E-state index contributed by atoms with van der Waals surface area (Å²) in [5, 5.41) is 7.00. The molecule has 0 aliphatic carbocycles. The van der Waals surface area contributed by atoms with E-state index in [1.807, 2.05) is 0 Å². The smallest absolute Gasteiger partial charge is 0.400 e. The van der Waals surface area contributed by atoms with Crippen molar-refractivity contribution in [3.63, 3.8) is 0 Å². The van der Waals surface area contributed by atoms with E-state index in [-0.39, 0.29) is 24.6 Å². The summed E-state index contributed by atoms with van der Waals surface area (Å²) in [6.45, 7) is 0. The van der Waals surface area contributed by atoms with Crippen molar-refractivity contribution in [1.82, 2.24) is 0 Å². The molecule has 0 fully saturated rings. The normalized spacial score (nSPS) is 12.5. The van der Waals surface area contributed by atoms with E-state index in [1.165, 1.54) is 21.3 Å². The number of rotatable bonds is 11. The maximum atomic E-state index is 10.4. The zero-order valence-electron chi connectivity index (χ0n) is 15.6. The second-order valence-electron chi connectivity index (χ2n) is 4.85. The molecule has 0 aromatic carbocycles. The second-order valence-corrected chi connectivity index (χ2v) is 13.1. The Morgan fingerprint density at radius 3 is 1.22 bits per heavy atom. The molecule has 6 N–H and O–H groups in total. The summed E-state index contributed by atoms with van der Waals surface area (Å²) >= 11 is 0. The topological polar surface area (TPSA) is 217 Å². The minimum atomic E-state index is -4.13. The van der Waals surface area contributed by atoms with Gasteiger partial charge in [0, 0.05) is 40.5 Å². The highest BCUT2D eigenvalue weighted by atomic mass is 32.2. The Balaban J connectivity index is -0.000000400. The first-order chi connectivity index (χ1) is 12.1. The van der Waals surface area contributed by atoms with Crippen molar-refractivity contribution >= 4 is 37.8 Å². The van der Waals surface area contributed by atoms with Gasteiger partial charge in [0.25, 0.3) is 20.2 Å². The summed E-state index contributed by atoms with van der Waals surface area (Å²) in [6.07, 6.45) is 0.0924. The van der Waals surface area contributed by atoms with Gasteiger partial charge in [-0.3, -0.25) is 9.11 Å². The summed E-state index contributed by atoms with van der Waals surface area (Å²) < 4.78 is 72.8. The van der Waals surface area contributed by atoms with E-state index >= 15 is 0 Å².